The molecule has 0 saturated carbocycles. The molecule has 2 saturated heterocycles. The van der Waals surface area contributed by atoms with Gasteiger partial charge in [0.25, 0.3) is 0 Å². The molecule has 210 valence electrons. The molecule has 1 aliphatic carbocycles. The van der Waals surface area contributed by atoms with Crippen LogP contribution in [0.2, 0.25) is 6.32 Å². The summed E-state index contributed by atoms with van der Waals surface area (Å²) in [6, 6.07) is 21.8. The van der Waals surface area contributed by atoms with Gasteiger partial charge in [0.05, 0.1) is 17.9 Å². The second-order valence-electron chi connectivity index (χ2n) is 11.6. The van der Waals surface area contributed by atoms with Gasteiger partial charge in [-0.3, -0.25) is 14.5 Å². The van der Waals surface area contributed by atoms with Gasteiger partial charge in [-0.15, -0.1) is 0 Å². The fraction of sp³-hybridized carbons (Fsp3) is 0.353. The van der Waals surface area contributed by atoms with Crippen molar-refractivity contribution in [3.63, 3.8) is 0 Å². The molecule has 41 heavy (non-hydrogen) atoms. The number of carbonyl (C=O) groups is 2. The molecule has 2 heterocycles. The van der Waals surface area contributed by atoms with E-state index in [1.54, 1.807) is 13.1 Å². The van der Waals surface area contributed by atoms with Gasteiger partial charge in [-0.2, -0.15) is 0 Å². The van der Waals surface area contributed by atoms with Crippen molar-refractivity contribution in [1.29, 1.82) is 0 Å². The molecule has 0 unspecified atom stereocenters. The third-order valence-corrected chi connectivity index (χ3v) is 9.17. The Hall–Kier alpha value is -3.68. The van der Waals surface area contributed by atoms with Crippen LogP contribution >= 0.6 is 0 Å². The Bertz CT molecular complexity index is 1550. The molecular formula is C34H36BNO5. The maximum absolute atomic E-state index is 13.2. The molecule has 2 N–H and O–H groups in total. The molecule has 0 spiro atoms. The van der Waals surface area contributed by atoms with Crippen LogP contribution in [0.15, 0.2) is 77.9 Å². The Morgan fingerprint density at radius 3 is 2.49 bits per heavy atom. The van der Waals surface area contributed by atoms with Gasteiger partial charge in [-0.05, 0) is 71.6 Å². The van der Waals surface area contributed by atoms with E-state index >= 15 is 0 Å². The lowest BCUT2D eigenvalue weighted by atomic mass is 9.58. The maximum atomic E-state index is 13.2. The van der Waals surface area contributed by atoms with E-state index in [2.05, 4.69) is 25.1 Å². The predicted octanol–water partition coefficient (Wildman–Crippen LogP) is 6.09. The third-order valence-electron chi connectivity index (χ3n) is 9.17. The van der Waals surface area contributed by atoms with Crippen LogP contribution in [-0.4, -0.2) is 47.1 Å². The number of benzene rings is 3. The number of fused-ring (bicyclic) bond motifs is 4. The van der Waals surface area contributed by atoms with Crippen molar-refractivity contribution in [2.24, 2.45) is 17.8 Å². The highest BCUT2D eigenvalue weighted by Crippen LogP contribution is 2.51. The minimum atomic E-state index is -0.977. The summed E-state index contributed by atoms with van der Waals surface area (Å²) in [5.74, 6) is -0.912. The average molecular weight is 549 g/mol. The first-order chi connectivity index (χ1) is 19.9. The number of imide groups is 1. The van der Waals surface area contributed by atoms with E-state index in [0.717, 1.165) is 45.9 Å². The van der Waals surface area contributed by atoms with Crippen LogP contribution < -0.4 is 0 Å². The van der Waals surface area contributed by atoms with E-state index < -0.39 is 13.0 Å². The van der Waals surface area contributed by atoms with Gasteiger partial charge in [0.15, 0.2) is 0 Å². The summed E-state index contributed by atoms with van der Waals surface area (Å²) in [6.07, 6.45) is 5.92. The van der Waals surface area contributed by atoms with Crippen LogP contribution in [0.1, 0.15) is 50.2 Å². The lowest BCUT2D eigenvalue weighted by Gasteiger charge is -2.43. The van der Waals surface area contributed by atoms with Crippen LogP contribution in [0.25, 0.3) is 22.4 Å². The maximum Gasteiger partial charge on any atom is 0.455 e. The van der Waals surface area contributed by atoms with Crippen LogP contribution in [0.5, 0.6) is 5.75 Å². The van der Waals surface area contributed by atoms with Gasteiger partial charge in [0, 0.05) is 12.4 Å². The number of likely N-dealkylation sites (tertiary alicyclic amines) is 1. The summed E-state index contributed by atoms with van der Waals surface area (Å²) in [6.45, 7) is 2.13. The zero-order valence-electron chi connectivity index (χ0n) is 23.6. The second-order valence-corrected chi connectivity index (χ2v) is 11.6. The summed E-state index contributed by atoms with van der Waals surface area (Å²) in [5.41, 5.74) is 5.60. The monoisotopic (exact) mass is 549 g/mol. The molecule has 2 amide bonds. The van der Waals surface area contributed by atoms with Gasteiger partial charge < -0.3 is 14.8 Å². The second kappa shape index (κ2) is 11.3. The van der Waals surface area contributed by atoms with Crippen LogP contribution in [0.4, 0.5) is 0 Å². The number of phenolic OH excluding ortho intramolecular Hbond substituents is 1. The lowest BCUT2D eigenvalue weighted by Crippen LogP contribution is -2.46. The van der Waals surface area contributed by atoms with Crippen LogP contribution in [0, 0.1) is 17.8 Å². The van der Waals surface area contributed by atoms with Crippen molar-refractivity contribution < 1.29 is 24.4 Å². The molecule has 6 nitrogen and oxygen atoms in total. The highest BCUT2D eigenvalue weighted by molar-refractivity contribution is 6.43. The molecule has 3 aromatic rings. The fourth-order valence-corrected chi connectivity index (χ4v) is 7.32. The summed E-state index contributed by atoms with van der Waals surface area (Å²) >= 11 is 0. The Kier molecular flexibility index (Phi) is 7.58. The number of hydrogen-bond donors (Lipinski definition) is 2. The Morgan fingerprint density at radius 2 is 1.73 bits per heavy atom. The van der Waals surface area contributed by atoms with Crippen molar-refractivity contribution in [3.8, 4) is 5.75 Å². The highest BCUT2D eigenvalue weighted by atomic mass is 16.5. The van der Waals surface area contributed by atoms with Gasteiger partial charge in [0.1, 0.15) is 5.75 Å². The molecule has 7 heteroatoms. The number of allylic oxidation sites excluding steroid dienone is 2. The Balaban J connectivity index is 1.37. The summed E-state index contributed by atoms with van der Waals surface area (Å²) < 4.78 is 6.22. The van der Waals surface area contributed by atoms with Crippen molar-refractivity contribution >= 4 is 41.4 Å². The number of amides is 2. The SMILES string of the molecule is CCCC1=C2[C@@H](CC/C(=C/c3ccc(O)c4ccccc34)c3ccccc3)OB(O)C[C@@H]2[C@@H]2C(=O)N(C)C(=O)[C@@H]2C1. The normalized spacial score (nSPS) is 24.7. The quantitative estimate of drug-likeness (QED) is 0.161. The van der Waals surface area contributed by atoms with Crippen molar-refractivity contribution in [2.75, 3.05) is 7.05 Å². The number of nitrogens with zero attached hydrogens (tertiary/aromatic N) is 1. The zero-order chi connectivity index (χ0) is 28.7. The smallest absolute Gasteiger partial charge is 0.455 e. The molecule has 3 aromatic carbocycles. The van der Waals surface area contributed by atoms with Gasteiger partial charge in [-0.1, -0.05) is 85.7 Å². The molecular weight excluding hydrogens is 513 g/mol. The Labute approximate surface area is 241 Å². The first-order valence-corrected chi connectivity index (χ1v) is 14.7. The topological polar surface area (TPSA) is 87.1 Å². The minimum Gasteiger partial charge on any atom is -0.507 e. The number of rotatable bonds is 7. The van der Waals surface area contributed by atoms with Gasteiger partial charge in [0.2, 0.25) is 11.8 Å². The van der Waals surface area contributed by atoms with E-state index in [0.29, 0.717) is 25.6 Å². The Morgan fingerprint density at radius 1 is 1.00 bits per heavy atom. The number of carbonyl (C=O) groups excluding carboxylic acids is 2. The summed E-state index contributed by atoms with van der Waals surface area (Å²) in [5, 5.41) is 23.1. The number of phenols is 1. The third kappa shape index (κ3) is 5.02. The summed E-state index contributed by atoms with van der Waals surface area (Å²) in [4.78, 5) is 27.5. The molecule has 2 aliphatic heterocycles. The molecule has 0 bridgehead atoms. The van der Waals surface area contributed by atoms with Gasteiger partial charge in [-0.25, -0.2) is 0 Å². The van der Waals surface area contributed by atoms with Crippen molar-refractivity contribution in [1.82, 2.24) is 4.90 Å². The van der Waals surface area contributed by atoms with Gasteiger partial charge >= 0.3 is 7.12 Å². The van der Waals surface area contributed by atoms with E-state index in [1.807, 2.05) is 48.5 Å². The van der Waals surface area contributed by atoms with E-state index in [9.17, 15) is 19.7 Å². The summed E-state index contributed by atoms with van der Waals surface area (Å²) in [7, 11) is 0.605. The molecule has 6 rings (SSSR count). The van der Waals surface area contributed by atoms with E-state index in [1.165, 1.54) is 10.5 Å². The highest BCUT2D eigenvalue weighted by Gasteiger charge is 2.56. The van der Waals surface area contributed by atoms with Crippen molar-refractivity contribution in [3.05, 3.63) is 89.0 Å². The fourth-order valence-electron chi connectivity index (χ4n) is 7.32. The standard InChI is InChI=1S/C34H36BNO5/c1-3-9-24-19-27-32(34(39)36(2)33(27)38)28-20-35(40)41-30(31(24)28)17-15-22(21-10-5-4-6-11-21)18-23-14-16-29(37)26-13-8-7-12-25(23)26/h4-8,10-14,16,18,27-28,30,32,37,40H,3,9,15,17,19-20H2,1-2H3/b22-18-/t27-,28+,30-,32-/m1/s1. The molecule has 4 atom stereocenters. The lowest BCUT2D eigenvalue weighted by molar-refractivity contribution is -0.138. The predicted molar refractivity (Wildman–Crippen MR) is 162 cm³/mol. The molecule has 0 aromatic heterocycles. The molecule has 2 fully saturated rings. The number of aromatic hydroxyl groups is 1. The first-order valence-electron chi connectivity index (χ1n) is 14.7. The van der Waals surface area contributed by atoms with Crippen LogP contribution in [0.3, 0.4) is 0 Å². The van der Waals surface area contributed by atoms with Crippen molar-refractivity contribution in [2.45, 2.75) is 51.5 Å². The molecule has 3 aliphatic rings. The van der Waals surface area contributed by atoms with E-state index in [-0.39, 0.29) is 35.5 Å². The molecule has 0 radical (unpaired) electrons. The number of hydrogen-bond acceptors (Lipinski definition) is 5. The zero-order valence-corrected chi connectivity index (χ0v) is 23.6. The van der Waals surface area contributed by atoms with E-state index in [4.69, 9.17) is 4.65 Å². The minimum absolute atomic E-state index is 0.0967. The first kappa shape index (κ1) is 27.5. The largest absolute Gasteiger partial charge is 0.507 e. The van der Waals surface area contributed by atoms with Crippen LogP contribution in [-0.2, 0) is 14.2 Å². The average Bonchev–Trinajstić information content (AvgIpc) is 3.20.